The van der Waals surface area contributed by atoms with Crippen molar-refractivity contribution in [3.8, 4) is 0 Å². The Labute approximate surface area is 130 Å². The number of aromatic nitrogens is 3. The molecule has 2 aromatic rings. The summed E-state index contributed by atoms with van der Waals surface area (Å²) in [7, 11) is 0. The van der Waals surface area contributed by atoms with Crippen molar-refractivity contribution in [1.82, 2.24) is 14.8 Å². The lowest BCUT2D eigenvalue weighted by molar-refractivity contribution is -0.385. The minimum atomic E-state index is -0.468. The molecule has 0 amide bonds. The van der Waals surface area contributed by atoms with Gasteiger partial charge in [0, 0.05) is 24.8 Å². The van der Waals surface area contributed by atoms with Crippen molar-refractivity contribution in [2.45, 2.75) is 26.8 Å². The summed E-state index contributed by atoms with van der Waals surface area (Å²) >= 11 is 3.28. The molecule has 0 atom stereocenters. The Morgan fingerprint density at radius 1 is 1.43 bits per heavy atom. The van der Waals surface area contributed by atoms with Gasteiger partial charge in [0.05, 0.1) is 15.1 Å². The molecular weight excluding hydrogens is 338 g/mol. The Bertz CT molecular complexity index is 656. The number of rotatable bonds is 6. The first-order valence-electron chi connectivity index (χ1n) is 6.52. The molecule has 8 heteroatoms. The smallest absolute Gasteiger partial charge is 0.288 e. The van der Waals surface area contributed by atoms with Gasteiger partial charge in [-0.25, -0.2) is 4.98 Å². The highest BCUT2D eigenvalue weighted by molar-refractivity contribution is 9.10. The summed E-state index contributed by atoms with van der Waals surface area (Å²) in [5.74, 6) is 0.606. The standard InChI is InChI=1S/C13H16BrN5O2/c1-9-6-10(2)18(17-9)5-3-4-15-13-12(14)7-11(8-16-13)19(20)21/h6-8H,3-5H2,1-2H3,(H,15,16). The van der Waals surface area contributed by atoms with Gasteiger partial charge in [-0.3, -0.25) is 14.8 Å². The van der Waals surface area contributed by atoms with Crippen molar-refractivity contribution in [2.75, 3.05) is 11.9 Å². The molecule has 0 aliphatic rings. The molecule has 2 aromatic heterocycles. The maximum absolute atomic E-state index is 10.6. The summed E-state index contributed by atoms with van der Waals surface area (Å²) in [5, 5.41) is 18.2. The molecule has 0 radical (unpaired) electrons. The average Bonchev–Trinajstić information content (AvgIpc) is 2.74. The first-order valence-corrected chi connectivity index (χ1v) is 7.31. The molecule has 0 spiro atoms. The van der Waals surface area contributed by atoms with Crippen LogP contribution in [-0.2, 0) is 6.54 Å². The summed E-state index contributed by atoms with van der Waals surface area (Å²) in [4.78, 5) is 14.2. The largest absolute Gasteiger partial charge is 0.369 e. The molecule has 2 heterocycles. The molecule has 7 nitrogen and oxygen atoms in total. The number of pyridine rings is 1. The van der Waals surface area contributed by atoms with E-state index in [4.69, 9.17) is 0 Å². The number of halogens is 1. The van der Waals surface area contributed by atoms with Crippen LogP contribution in [-0.4, -0.2) is 26.2 Å². The van der Waals surface area contributed by atoms with Gasteiger partial charge in [-0.1, -0.05) is 0 Å². The van der Waals surface area contributed by atoms with Crippen molar-refractivity contribution in [3.63, 3.8) is 0 Å². The summed E-state index contributed by atoms with van der Waals surface area (Å²) in [6.07, 6.45) is 2.13. The molecule has 0 saturated heterocycles. The molecule has 112 valence electrons. The quantitative estimate of drug-likeness (QED) is 0.490. The highest BCUT2D eigenvalue weighted by atomic mass is 79.9. The Morgan fingerprint density at radius 2 is 2.19 bits per heavy atom. The lowest BCUT2D eigenvalue weighted by Crippen LogP contribution is -2.10. The van der Waals surface area contributed by atoms with E-state index in [1.54, 1.807) is 0 Å². The van der Waals surface area contributed by atoms with E-state index in [0.29, 0.717) is 16.8 Å². The van der Waals surface area contributed by atoms with E-state index in [1.165, 1.54) is 12.3 Å². The average molecular weight is 354 g/mol. The van der Waals surface area contributed by atoms with Crippen molar-refractivity contribution >= 4 is 27.4 Å². The maximum atomic E-state index is 10.6. The van der Waals surface area contributed by atoms with Crippen LogP contribution in [0, 0.1) is 24.0 Å². The van der Waals surface area contributed by atoms with Gasteiger partial charge in [-0.15, -0.1) is 0 Å². The molecule has 2 rings (SSSR count). The second-order valence-electron chi connectivity index (χ2n) is 4.71. The number of nitrogens with one attached hydrogen (secondary N) is 1. The summed E-state index contributed by atoms with van der Waals surface area (Å²) in [5.41, 5.74) is 2.12. The molecule has 0 aliphatic carbocycles. The summed E-state index contributed by atoms with van der Waals surface area (Å²) < 4.78 is 2.55. The first kappa shape index (κ1) is 15.4. The lowest BCUT2D eigenvalue weighted by Gasteiger charge is -2.08. The van der Waals surface area contributed by atoms with Gasteiger partial charge >= 0.3 is 0 Å². The van der Waals surface area contributed by atoms with E-state index < -0.39 is 4.92 Å². The van der Waals surface area contributed by atoms with Gasteiger partial charge in [0.15, 0.2) is 0 Å². The number of nitrogens with zero attached hydrogens (tertiary/aromatic N) is 4. The highest BCUT2D eigenvalue weighted by Crippen LogP contribution is 2.24. The van der Waals surface area contributed by atoms with Crippen LogP contribution < -0.4 is 5.32 Å². The number of hydrogen-bond donors (Lipinski definition) is 1. The SMILES string of the molecule is Cc1cc(C)n(CCCNc2ncc([N+](=O)[O-])cc2Br)n1. The molecule has 0 fully saturated rings. The normalized spacial score (nSPS) is 10.6. The molecule has 0 unspecified atom stereocenters. The fraction of sp³-hybridized carbons (Fsp3) is 0.385. The maximum Gasteiger partial charge on any atom is 0.288 e. The second-order valence-corrected chi connectivity index (χ2v) is 5.57. The third-order valence-corrected chi connectivity index (χ3v) is 3.58. The molecule has 1 N–H and O–H groups in total. The second kappa shape index (κ2) is 6.66. The Kier molecular flexibility index (Phi) is 4.89. The lowest BCUT2D eigenvalue weighted by atomic mass is 10.3. The van der Waals surface area contributed by atoms with Crippen LogP contribution in [0.4, 0.5) is 11.5 Å². The van der Waals surface area contributed by atoms with Crippen molar-refractivity contribution in [3.05, 3.63) is 44.3 Å². The van der Waals surface area contributed by atoms with Crippen molar-refractivity contribution < 1.29 is 4.92 Å². The van der Waals surface area contributed by atoms with Gasteiger partial charge in [0.1, 0.15) is 12.0 Å². The topological polar surface area (TPSA) is 85.9 Å². The zero-order valence-corrected chi connectivity index (χ0v) is 13.4. The van der Waals surface area contributed by atoms with Gasteiger partial charge in [0.25, 0.3) is 5.69 Å². The van der Waals surface area contributed by atoms with Gasteiger partial charge < -0.3 is 5.32 Å². The van der Waals surface area contributed by atoms with E-state index in [2.05, 4.69) is 31.3 Å². The third-order valence-electron chi connectivity index (χ3n) is 2.98. The number of anilines is 1. The number of nitro groups is 1. The number of hydrogen-bond acceptors (Lipinski definition) is 5. The van der Waals surface area contributed by atoms with Gasteiger partial charge in [0.2, 0.25) is 0 Å². The Balaban J connectivity index is 1.86. The fourth-order valence-electron chi connectivity index (χ4n) is 1.99. The molecule has 0 bridgehead atoms. The van der Waals surface area contributed by atoms with Crippen LogP contribution in [0.3, 0.4) is 0 Å². The molecule has 0 aromatic carbocycles. The van der Waals surface area contributed by atoms with Crippen LogP contribution in [0.5, 0.6) is 0 Å². The molecule has 0 aliphatic heterocycles. The monoisotopic (exact) mass is 353 g/mol. The highest BCUT2D eigenvalue weighted by Gasteiger charge is 2.10. The third kappa shape index (κ3) is 4.01. The molecule has 0 saturated carbocycles. The van der Waals surface area contributed by atoms with E-state index in [0.717, 1.165) is 24.4 Å². The Morgan fingerprint density at radius 3 is 2.76 bits per heavy atom. The Hall–Kier alpha value is -1.96. The van der Waals surface area contributed by atoms with Crippen LogP contribution in [0.1, 0.15) is 17.8 Å². The first-order chi connectivity index (χ1) is 9.97. The van der Waals surface area contributed by atoms with Crippen LogP contribution >= 0.6 is 15.9 Å². The van der Waals surface area contributed by atoms with Crippen LogP contribution in [0.2, 0.25) is 0 Å². The predicted octanol–water partition coefficient (Wildman–Crippen LogP) is 3.07. The van der Waals surface area contributed by atoms with Crippen LogP contribution in [0.15, 0.2) is 22.8 Å². The van der Waals surface area contributed by atoms with Gasteiger partial charge in [-0.2, -0.15) is 5.10 Å². The van der Waals surface area contributed by atoms with E-state index >= 15 is 0 Å². The van der Waals surface area contributed by atoms with Gasteiger partial charge in [-0.05, 0) is 42.3 Å². The molecular formula is C13H16BrN5O2. The summed E-state index contributed by atoms with van der Waals surface area (Å²) in [6, 6.07) is 3.48. The zero-order chi connectivity index (χ0) is 15.4. The number of aryl methyl sites for hydroxylation is 3. The van der Waals surface area contributed by atoms with Crippen molar-refractivity contribution in [1.29, 1.82) is 0 Å². The van der Waals surface area contributed by atoms with E-state index in [9.17, 15) is 10.1 Å². The minimum absolute atomic E-state index is 0.0323. The van der Waals surface area contributed by atoms with E-state index in [1.807, 2.05) is 24.6 Å². The fourth-order valence-corrected chi connectivity index (χ4v) is 2.47. The van der Waals surface area contributed by atoms with E-state index in [-0.39, 0.29) is 5.69 Å². The van der Waals surface area contributed by atoms with Crippen LogP contribution in [0.25, 0.3) is 0 Å². The predicted molar refractivity (Wildman–Crippen MR) is 83.4 cm³/mol. The molecule has 21 heavy (non-hydrogen) atoms. The summed E-state index contributed by atoms with van der Waals surface area (Å²) in [6.45, 7) is 5.53. The minimum Gasteiger partial charge on any atom is -0.369 e. The van der Waals surface area contributed by atoms with Crippen molar-refractivity contribution in [2.24, 2.45) is 0 Å². The zero-order valence-electron chi connectivity index (χ0n) is 11.8.